The molecule has 0 aromatic heterocycles. The van der Waals surface area contributed by atoms with Gasteiger partial charge in [-0.05, 0) is 49.4 Å². The topological polar surface area (TPSA) is 32.3 Å². The molecular formula is C16H22N2O. The number of benzene rings is 1. The van der Waals surface area contributed by atoms with Gasteiger partial charge in [-0.15, -0.1) is 0 Å². The van der Waals surface area contributed by atoms with Gasteiger partial charge in [0.25, 0.3) is 5.91 Å². The first-order valence-corrected chi connectivity index (χ1v) is 7.47. The van der Waals surface area contributed by atoms with Crippen LogP contribution in [0, 0.1) is 0 Å². The molecule has 0 atom stereocenters. The number of carbonyl (C=O) groups is 1. The third-order valence-corrected chi connectivity index (χ3v) is 4.06. The van der Waals surface area contributed by atoms with Gasteiger partial charge >= 0.3 is 0 Å². The number of nitrogens with one attached hydrogen (secondary N) is 1. The monoisotopic (exact) mass is 258 g/mol. The Morgan fingerprint density at radius 1 is 1.42 bits per heavy atom. The smallest absolute Gasteiger partial charge is 0.254 e. The second-order valence-electron chi connectivity index (χ2n) is 5.63. The summed E-state index contributed by atoms with van der Waals surface area (Å²) in [5.41, 5.74) is 3.35. The van der Waals surface area contributed by atoms with Crippen molar-refractivity contribution in [3.63, 3.8) is 0 Å². The number of anilines is 1. The van der Waals surface area contributed by atoms with Crippen molar-refractivity contribution in [2.24, 2.45) is 0 Å². The van der Waals surface area contributed by atoms with Crippen molar-refractivity contribution in [1.29, 1.82) is 0 Å². The molecule has 0 unspecified atom stereocenters. The highest BCUT2D eigenvalue weighted by atomic mass is 16.2. The van der Waals surface area contributed by atoms with Crippen LogP contribution in [0.5, 0.6) is 0 Å². The number of unbranched alkanes of at least 4 members (excludes halogenated alkanes) is 1. The summed E-state index contributed by atoms with van der Waals surface area (Å²) >= 11 is 0. The van der Waals surface area contributed by atoms with Crippen LogP contribution < -0.4 is 5.32 Å². The largest absolute Gasteiger partial charge is 0.384 e. The lowest BCUT2D eigenvalue weighted by molar-refractivity contribution is 0.0740. The van der Waals surface area contributed by atoms with E-state index in [9.17, 15) is 4.79 Å². The Morgan fingerprint density at radius 3 is 3.00 bits per heavy atom. The molecule has 2 aliphatic rings. The molecular weight excluding hydrogens is 236 g/mol. The van der Waals surface area contributed by atoms with Crippen LogP contribution in [0.4, 0.5) is 5.69 Å². The molecule has 3 heteroatoms. The molecule has 1 aromatic carbocycles. The van der Waals surface area contributed by atoms with Crippen LogP contribution in [-0.2, 0) is 6.42 Å². The van der Waals surface area contributed by atoms with Crippen LogP contribution in [0.3, 0.4) is 0 Å². The van der Waals surface area contributed by atoms with Crippen molar-refractivity contribution in [3.8, 4) is 0 Å². The molecule has 19 heavy (non-hydrogen) atoms. The van der Waals surface area contributed by atoms with Gasteiger partial charge in [0.2, 0.25) is 0 Å². The zero-order valence-electron chi connectivity index (χ0n) is 11.6. The number of amides is 1. The Balaban J connectivity index is 1.77. The molecule has 102 valence electrons. The first kappa shape index (κ1) is 12.5. The summed E-state index contributed by atoms with van der Waals surface area (Å²) in [5.74, 6) is 0.227. The highest BCUT2D eigenvalue weighted by Crippen LogP contribution is 2.30. The maximum absolute atomic E-state index is 12.6. The fourth-order valence-corrected chi connectivity index (χ4v) is 2.77. The third-order valence-electron chi connectivity index (χ3n) is 4.06. The Morgan fingerprint density at radius 2 is 2.26 bits per heavy atom. The van der Waals surface area contributed by atoms with E-state index in [4.69, 9.17) is 0 Å². The number of nitrogens with zero attached hydrogens (tertiary/aromatic N) is 1. The number of rotatable bonds is 5. The minimum atomic E-state index is 0.227. The lowest BCUT2D eigenvalue weighted by Crippen LogP contribution is -2.34. The van der Waals surface area contributed by atoms with E-state index in [2.05, 4.69) is 29.3 Å². The SMILES string of the molecule is CCCCN(C(=O)c1ccc2c(c1)CCN2)C1CC1. The quantitative estimate of drug-likeness (QED) is 0.880. The van der Waals surface area contributed by atoms with Crippen LogP contribution in [0.2, 0.25) is 0 Å². The summed E-state index contributed by atoms with van der Waals surface area (Å²) in [6.07, 6.45) is 5.65. The van der Waals surface area contributed by atoms with Gasteiger partial charge in [-0.1, -0.05) is 13.3 Å². The Hall–Kier alpha value is -1.51. The lowest BCUT2D eigenvalue weighted by Gasteiger charge is -2.22. The average Bonchev–Trinajstić information content (AvgIpc) is 3.15. The van der Waals surface area contributed by atoms with Crippen molar-refractivity contribution in [3.05, 3.63) is 29.3 Å². The molecule has 1 saturated carbocycles. The predicted octanol–water partition coefficient (Wildman–Crippen LogP) is 3.06. The van der Waals surface area contributed by atoms with Crippen molar-refractivity contribution in [2.75, 3.05) is 18.4 Å². The van der Waals surface area contributed by atoms with E-state index in [1.165, 1.54) is 24.1 Å². The van der Waals surface area contributed by atoms with Gasteiger partial charge in [-0.3, -0.25) is 4.79 Å². The zero-order chi connectivity index (χ0) is 13.2. The van der Waals surface area contributed by atoms with Crippen molar-refractivity contribution >= 4 is 11.6 Å². The molecule has 0 radical (unpaired) electrons. The minimum absolute atomic E-state index is 0.227. The van der Waals surface area contributed by atoms with Crippen LogP contribution in [0.1, 0.15) is 48.5 Å². The van der Waals surface area contributed by atoms with Crippen molar-refractivity contribution < 1.29 is 4.79 Å². The summed E-state index contributed by atoms with van der Waals surface area (Å²) in [6, 6.07) is 6.62. The molecule has 0 bridgehead atoms. The van der Waals surface area contributed by atoms with Crippen LogP contribution in [0.15, 0.2) is 18.2 Å². The maximum atomic E-state index is 12.6. The van der Waals surface area contributed by atoms with E-state index in [-0.39, 0.29) is 5.91 Å². The molecule has 0 saturated heterocycles. The molecule has 1 heterocycles. The summed E-state index contributed by atoms with van der Waals surface area (Å²) in [6.45, 7) is 4.08. The van der Waals surface area contributed by atoms with E-state index in [0.717, 1.165) is 37.9 Å². The van der Waals surface area contributed by atoms with Crippen molar-refractivity contribution in [2.45, 2.75) is 45.1 Å². The van der Waals surface area contributed by atoms with Crippen LogP contribution >= 0.6 is 0 Å². The number of fused-ring (bicyclic) bond motifs is 1. The fraction of sp³-hybridized carbons (Fsp3) is 0.562. The molecule has 1 N–H and O–H groups in total. The van der Waals surface area contributed by atoms with Crippen molar-refractivity contribution in [1.82, 2.24) is 4.90 Å². The van der Waals surface area contributed by atoms with Crippen LogP contribution in [-0.4, -0.2) is 29.9 Å². The highest BCUT2D eigenvalue weighted by molar-refractivity contribution is 5.95. The third kappa shape index (κ3) is 2.60. The van der Waals surface area contributed by atoms with Crippen LogP contribution in [0.25, 0.3) is 0 Å². The maximum Gasteiger partial charge on any atom is 0.254 e. The standard InChI is InChI=1S/C16H22N2O/c1-2-3-10-18(14-5-6-14)16(19)13-4-7-15-12(11-13)8-9-17-15/h4,7,11,14,17H,2-3,5-6,8-10H2,1H3. The van der Waals surface area contributed by atoms with Gasteiger partial charge < -0.3 is 10.2 Å². The number of carbonyl (C=O) groups excluding carboxylic acids is 1. The second-order valence-corrected chi connectivity index (χ2v) is 5.63. The second kappa shape index (κ2) is 5.24. The highest BCUT2D eigenvalue weighted by Gasteiger charge is 2.32. The lowest BCUT2D eigenvalue weighted by atomic mass is 10.1. The van der Waals surface area contributed by atoms with Gasteiger partial charge in [-0.2, -0.15) is 0 Å². The predicted molar refractivity (Wildman–Crippen MR) is 77.6 cm³/mol. The van der Waals surface area contributed by atoms with E-state index in [0.29, 0.717) is 6.04 Å². The summed E-state index contributed by atoms with van der Waals surface area (Å²) in [5, 5.41) is 3.34. The van der Waals surface area contributed by atoms with E-state index in [1.807, 2.05) is 6.07 Å². The Kier molecular flexibility index (Phi) is 3.45. The van der Waals surface area contributed by atoms with Gasteiger partial charge in [0.05, 0.1) is 0 Å². The molecule has 1 aromatic rings. The zero-order valence-corrected chi connectivity index (χ0v) is 11.6. The number of hydrogen-bond acceptors (Lipinski definition) is 2. The van der Waals surface area contributed by atoms with Gasteiger partial charge in [0.1, 0.15) is 0 Å². The first-order valence-electron chi connectivity index (χ1n) is 7.47. The van der Waals surface area contributed by atoms with E-state index >= 15 is 0 Å². The molecule has 3 rings (SSSR count). The van der Waals surface area contributed by atoms with Gasteiger partial charge in [0.15, 0.2) is 0 Å². The summed E-state index contributed by atoms with van der Waals surface area (Å²) < 4.78 is 0. The average molecular weight is 258 g/mol. The first-order chi connectivity index (χ1) is 9.29. The molecule has 1 amide bonds. The Bertz CT molecular complexity index is 480. The summed E-state index contributed by atoms with van der Waals surface area (Å²) in [4.78, 5) is 14.7. The molecule has 1 aliphatic carbocycles. The normalized spacial score (nSPS) is 16.9. The van der Waals surface area contributed by atoms with E-state index < -0.39 is 0 Å². The summed E-state index contributed by atoms with van der Waals surface area (Å²) in [7, 11) is 0. The molecule has 0 spiro atoms. The van der Waals surface area contributed by atoms with Gasteiger partial charge in [-0.25, -0.2) is 0 Å². The minimum Gasteiger partial charge on any atom is -0.384 e. The Labute approximate surface area is 115 Å². The number of hydrogen-bond donors (Lipinski definition) is 1. The fourth-order valence-electron chi connectivity index (χ4n) is 2.77. The molecule has 3 nitrogen and oxygen atoms in total. The molecule has 1 fully saturated rings. The van der Waals surface area contributed by atoms with Gasteiger partial charge in [0, 0.05) is 30.4 Å². The molecule has 1 aliphatic heterocycles. The van der Waals surface area contributed by atoms with E-state index in [1.54, 1.807) is 0 Å².